The summed E-state index contributed by atoms with van der Waals surface area (Å²) >= 11 is 0. The molecule has 4 heteroatoms. The molecule has 0 saturated carbocycles. The number of nitrogens with zero attached hydrogens (tertiary/aromatic N) is 1. The molecule has 3 aromatic carbocycles. The van der Waals surface area contributed by atoms with Crippen molar-refractivity contribution in [3.05, 3.63) is 71.8 Å². The molecule has 2 atom stereocenters. The molecular weight excluding hydrogens is 302 g/mol. The average molecular weight is 321 g/mol. The van der Waals surface area contributed by atoms with E-state index in [1.807, 2.05) is 30.3 Å². The highest BCUT2D eigenvalue weighted by atomic mass is 16.3. The number of phenols is 2. The summed E-state index contributed by atoms with van der Waals surface area (Å²) in [5, 5.41) is 31.8. The zero-order valence-corrected chi connectivity index (χ0v) is 13.3. The second-order valence-electron chi connectivity index (χ2n) is 5.77. The van der Waals surface area contributed by atoms with Crippen LogP contribution in [0.2, 0.25) is 0 Å². The maximum Gasteiger partial charge on any atom is 0.124 e. The number of aromatic hydroxyl groups is 2. The van der Waals surface area contributed by atoms with E-state index in [-0.39, 0.29) is 11.5 Å². The summed E-state index contributed by atoms with van der Waals surface area (Å²) in [5.41, 5.74) is 1.32. The molecule has 24 heavy (non-hydrogen) atoms. The fraction of sp³-hybridized carbons (Fsp3) is 0.150. The van der Waals surface area contributed by atoms with Crippen LogP contribution in [0.4, 0.5) is 0 Å². The first-order valence-corrected chi connectivity index (χ1v) is 7.77. The first-order chi connectivity index (χ1) is 11.6. The van der Waals surface area contributed by atoms with E-state index in [2.05, 4.69) is 4.99 Å². The van der Waals surface area contributed by atoms with E-state index in [9.17, 15) is 15.3 Å². The summed E-state index contributed by atoms with van der Waals surface area (Å²) in [6.07, 6.45) is 0.811. The number of hydrogen-bond acceptors (Lipinski definition) is 4. The molecule has 0 bridgehead atoms. The van der Waals surface area contributed by atoms with Crippen LogP contribution >= 0.6 is 0 Å². The Balaban J connectivity index is 1.87. The second-order valence-corrected chi connectivity index (χ2v) is 5.77. The Hall–Kier alpha value is -2.85. The topological polar surface area (TPSA) is 73.1 Å². The van der Waals surface area contributed by atoms with Gasteiger partial charge in [-0.3, -0.25) is 4.99 Å². The lowest BCUT2D eigenvalue weighted by Crippen LogP contribution is -2.12. The van der Waals surface area contributed by atoms with Gasteiger partial charge in [0.2, 0.25) is 0 Å². The molecule has 0 radical (unpaired) electrons. The van der Waals surface area contributed by atoms with Crippen LogP contribution in [-0.2, 0) is 0 Å². The van der Waals surface area contributed by atoms with E-state index in [4.69, 9.17) is 0 Å². The number of benzene rings is 3. The van der Waals surface area contributed by atoms with Gasteiger partial charge in [0.1, 0.15) is 17.6 Å². The lowest BCUT2D eigenvalue weighted by atomic mass is 10.0. The standard InChI is InChI=1S/C20H19NO3/c1-13(20(24)15-6-9-16(22)10-7-15)21-12-18-17-5-3-2-4-14(17)8-11-19(18)23/h2-13,20,22-24H,1H3/t13-,20+/m1/s1. The summed E-state index contributed by atoms with van der Waals surface area (Å²) < 4.78 is 0. The monoisotopic (exact) mass is 321 g/mol. The zero-order chi connectivity index (χ0) is 17.1. The summed E-state index contributed by atoms with van der Waals surface area (Å²) in [4.78, 5) is 4.41. The Bertz CT molecular complexity index is 872. The third kappa shape index (κ3) is 3.24. The van der Waals surface area contributed by atoms with Crippen molar-refractivity contribution >= 4 is 17.0 Å². The molecule has 0 spiro atoms. The van der Waals surface area contributed by atoms with Crippen molar-refractivity contribution < 1.29 is 15.3 Å². The van der Waals surface area contributed by atoms with Gasteiger partial charge in [-0.15, -0.1) is 0 Å². The third-order valence-electron chi connectivity index (χ3n) is 4.08. The Kier molecular flexibility index (Phi) is 4.49. The molecule has 122 valence electrons. The number of aliphatic hydroxyl groups excluding tert-OH is 1. The van der Waals surface area contributed by atoms with Crippen molar-refractivity contribution in [2.45, 2.75) is 19.1 Å². The fourth-order valence-corrected chi connectivity index (χ4v) is 2.64. The Morgan fingerprint density at radius 3 is 2.38 bits per heavy atom. The highest BCUT2D eigenvalue weighted by Gasteiger charge is 2.15. The summed E-state index contributed by atoms with van der Waals surface area (Å²) in [6.45, 7) is 1.80. The van der Waals surface area contributed by atoms with Crippen LogP contribution in [0.5, 0.6) is 11.5 Å². The first-order valence-electron chi connectivity index (χ1n) is 7.77. The highest BCUT2D eigenvalue weighted by Crippen LogP contribution is 2.26. The number of aliphatic hydroxyl groups is 1. The van der Waals surface area contributed by atoms with E-state index in [1.54, 1.807) is 31.3 Å². The highest BCUT2D eigenvalue weighted by molar-refractivity contribution is 6.02. The van der Waals surface area contributed by atoms with Crippen molar-refractivity contribution in [1.29, 1.82) is 0 Å². The van der Waals surface area contributed by atoms with Gasteiger partial charge < -0.3 is 15.3 Å². The van der Waals surface area contributed by atoms with Crippen LogP contribution in [-0.4, -0.2) is 27.6 Å². The number of phenolic OH excluding ortho intramolecular Hbond substituents is 2. The predicted octanol–water partition coefficient (Wildman–Crippen LogP) is 3.79. The van der Waals surface area contributed by atoms with Gasteiger partial charge >= 0.3 is 0 Å². The molecule has 0 amide bonds. The molecule has 0 aromatic heterocycles. The van der Waals surface area contributed by atoms with Gasteiger partial charge in [0.05, 0.1) is 6.04 Å². The van der Waals surface area contributed by atoms with Crippen molar-refractivity contribution in [3.63, 3.8) is 0 Å². The summed E-state index contributed by atoms with van der Waals surface area (Å²) in [6, 6.07) is 17.3. The molecule has 0 heterocycles. The van der Waals surface area contributed by atoms with Crippen molar-refractivity contribution in [3.8, 4) is 11.5 Å². The molecule has 0 fully saturated rings. The molecule has 0 aliphatic rings. The summed E-state index contributed by atoms with van der Waals surface area (Å²) in [7, 11) is 0. The molecule has 0 saturated heterocycles. The van der Waals surface area contributed by atoms with E-state index in [0.29, 0.717) is 11.1 Å². The minimum absolute atomic E-state index is 0.155. The minimum Gasteiger partial charge on any atom is -0.508 e. The van der Waals surface area contributed by atoms with Crippen LogP contribution < -0.4 is 0 Å². The second kappa shape index (κ2) is 6.72. The lowest BCUT2D eigenvalue weighted by Gasteiger charge is -2.15. The van der Waals surface area contributed by atoms with Crippen molar-refractivity contribution in [2.75, 3.05) is 0 Å². The van der Waals surface area contributed by atoms with Gasteiger partial charge in [0.25, 0.3) is 0 Å². The van der Waals surface area contributed by atoms with E-state index in [1.165, 1.54) is 12.1 Å². The van der Waals surface area contributed by atoms with Crippen molar-refractivity contribution in [1.82, 2.24) is 0 Å². The van der Waals surface area contributed by atoms with Crippen LogP contribution in [0.1, 0.15) is 24.2 Å². The number of rotatable bonds is 4. The molecule has 3 rings (SSSR count). The number of aliphatic imine (C=N–C) groups is 1. The Labute approximate surface area is 140 Å². The van der Waals surface area contributed by atoms with E-state index in [0.717, 1.165) is 10.8 Å². The molecule has 0 aliphatic heterocycles. The van der Waals surface area contributed by atoms with Gasteiger partial charge in [0, 0.05) is 11.8 Å². The maximum atomic E-state index is 10.4. The summed E-state index contributed by atoms with van der Waals surface area (Å²) in [5.74, 6) is 0.312. The zero-order valence-electron chi connectivity index (χ0n) is 13.3. The Morgan fingerprint density at radius 1 is 0.917 bits per heavy atom. The fourth-order valence-electron chi connectivity index (χ4n) is 2.64. The molecular formula is C20H19NO3. The molecule has 0 unspecified atom stereocenters. The predicted molar refractivity (Wildman–Crippen MR) is 95.7 cm³/mol. The number of fused-ring (bicyclic) bond motifs is 1. The molecule has 3 aromatic rings. The third-order valence-corrected chi connectivity index (χ3v) is 4.08. The van der Waals surface area contributed by atoms with Crippen LogP contribution in [0.25, 0.3) is 10.8 Å². The van der Waals surface area contributed by atoms with Gasteiger partial charge in [-0.2, -0.15) is 0 Å². The molecule has 3 N–H and O–H groups in total. The lowest BCUT2D eigenvalue weighted by molar-refractivity contribution is 0.154. The minimum atomic E-state index is -0.793. The van der Waals surface area contributed by atoms with Gasteiger partial charge in [0.15, 0.2) is 0 Å². The Morgan fingerprint density at radius 2 is 1.62 bits per heavy atom. The quantitative estimate of drug-likeness (QED) is 0.640. The van der Waals surface area contributed by atoms with E-state index >= 15 is 0 Å². The molecule has 0 aliphatic carbocycles. The first kappa shape index (κ1) is 16.0. The average Bonchev–Trinajstić information content (AvgIpc) is 2.60. The normalized spacial score (nSPS) is 14.1. The van der Waals surface area contributed by atoms with Crippen molar-refractivity contribution in [2.24, 2.45) is 4.99 Å². The largest absolute Gasteiger partial charge is 0.508 e. The van der Waals surface area contributed by atoms with Crippen LogP contribution in [0, 0.1) is 0 Å². The van der Waals surface area contributed by atoms with E-state index < -0.39 is 12.1 Å². The SMILES string of the molecule is C[C@@H](N=Cc1c(O)ccc2ccccc12)[C@H](O)c1ccc(O)cc1. The smallest absolute Gasteiger partial charge is 0.124 e. The maximum absolute atomic E-state index is 10.4. The molecule has 4 nitrogen and oxygen atoms in total. The van der Waals surface area contributed by atoms with Crippen LogP contribution in [0.3, 0.4) is 0 Å². The number of hydrogen-bond donors (Lipinski definition) is 3. The van der Waals surface area contributed by atoms with Gasteiger partial charge in [-0.1, -0.05) is 42.5 Å². The van der Waals surface area contributed by atoms with Crippen LogP contribution in [0.15, 0.2) is 65.7 Å². The van der Waals surface area contributed by atoms with Gasteiger partial charge in [-0.05, 0) is 41.5 Å². The van der Waals surface area contributed by atoms with Gasteiger partial charge in [-0.25, -0.2) is 0 Å².